The Morgan fingerprint density at radius 2 is 1.91 bits per heavy atom. The van der Waals surface area contributed by atoms with Crippen LogP contribution in [0, 0.1) is 0 Å². The van der Waals surface area contributed by atoms with Gasteiger partial charge in [-0.25, -0.2) is 4.98 Å². The van der Waals surface area contributed by atoms with Gasteiger partial charge in [-0.3, -0.25) is 0 Å². The van der Waals surface area contributed by atoms with Crippen LogP contribution in [0.3, 0.4) is 0 Å². The number of benzene rings is 1. The van der Waals surface area contributed by atoms with Crippen molar-refractivity contribution in [1.29, 1.82) is 0 Å². The number of hydrogen-bond acceptors (Lipinski definition) is 5. The van der Waals surface area contributed by atoms with Gasteiger partial charge in [0.1, 0.15) is 0 Å². The molecule has 0 fully saturated rings. The van der Waals surface area contributed by atoms with Crippen molar-refractivity contribution in [2.45, 2.75) is 26.4 Å². The summed E-state index contributed by atoms with van der Waals surface area (Å²) in [5.41, 5.74) is 2.66. The summed E-state index contributed by atoms with van der Waals surface area (Å²) in [6.07, 6.45) is 0.794. The standard InChI is InChI=1S/C18H21NO4/c1-4-21-18(22-5-2)16-11-15-13(17(20-3)23-16)10-12-8-6-7-9-14(12)19-15/h6-11,17-18H,4-5H2,1-3H3. The summed E-state index contributed by atoms with van der Waals surface area (Å²) in [6, 6.07) is 10.0. The number of aromatic nitrogens is 1. The quantitative estimate of drug-likeness (QED) is 0.762. The van der Waals surface area contributed by atoms with Gasteiger partial charge in [0.25, 0.3) is 0 Å². The normalized spacial score (nSPS) is 17.0. The molecule has 1 aliphatic heterocycles. The van der Waals surface area contributed by atoms with Gasteiger partial charge < -0.3 is 18.9 Å². The molecule has 5 heteroatoms. The predicted octanol–water partition coefficient (Wildman–Crippen LogP) is 3.65. The summed E-state index contributed by atoms with van der Waals surface area (Å²) >= 11 is 0. The van der Waals surface area contributed by atoms with Crippen LogP contribution in [-0.4, -0.2) is 31.6 Å². The van der Waals surface area contributed by atoms with Crippen LogP contribution in [0.2, 0.25) is 0 Å². The van der Waals surface area contributed by atoms with Gasteiger partial charge in [-0.05, 0) is 26.0 Å². The molecule has 2 aromatic rings. The van der Waals surface area contributed by atoms with Gasteiger partial charge in [0, 0.05) is 37.3 Å². The minimum Gasteiger partial charge on any atom is -0.459 e. The number of methoxy groups -OCH3 is 1. The van der Waals surface area contributed by atoms with Crippen molar-refractivity contribution < 1.29 is 18.9 Å². The average Bonchev–Trinajstić information content (AvgIpc) is 2.58. The predicted molar refractivity (Wildman–Crippen MR) is 87.6 cm³/mol. The van der Waals surface area contributed by atoms with Crippen LogP contribution in [0.25, 0.3) is 17.0 Å². The van der Waals surface area contributed by atoms with Gasteiger partial charge in [0.2, 0.25) is 12.6 Å². The number of hydrogen-bond donors (Lipinski definition) is 0. The molecule has 0 radical (unpaired) electrons. The average molecular weight is 315 g/mol. The van der Waals surface area contributed by atoms with Crippen molar-refractivity contribution in [3.8, 4) is 0 Å². The number of nitrogens with zero attached hydrogens (tertiary/aromatic N) is 1. The third-order valence-electron chi connectivity index (χ3n) is 3.64. The maximum Gasteiger partial charge on any atom is 0.228 e. The van der Waals surface area contributed by atoms with Gasteiger partial charge in [-0.1, -0.05) is 18.2 Å². The Balaban J connectivity index is 2.05. The molecule has 23 heavy (non-hydrogen) atoms. The largest absolute Gasteiger partial charge is 0.459 e. The molecule has 1 aromatic heterocycles. The Morgan fingerprint density at radius 3 is 2.61 bits per heavy atom. The van der Waals surface area contributed by atoms with Crippen molar-refractivity contribution >= 4 is 17.0 Å². The van der Waals surface area contributed by atoms with Crippen molar-refractivity contribution in [2.24, 2.45) is 0 Å². The van der Waals surface area contributed by atoms with Crippen LogP contribution in [0.5, 0.6) is 0 Å². The van der Waals surface area contributed by atoms with E-state index in [1.165, 1.54) is 0 Å². The lowest BCUT2D eigenvalue weighted by molar-refractivity contribution is -0.175. The van der Waals surface area contributed by atoms with Crippen LogP contribution < -0.4 is 0 Å². The van der Waals surface area contributed by atoms with Crippen LogP contribution in [0.1, 0.15) is 31.4 Å². The second kappa shape index (κ2) is 7.08. The van der Waals surface area contributed by atoms with E-state index in [0.29, 0.717) is 19.0 Å². The fourth-order valence-electron chi connectivity index (χ4n) is 2.62. The van der Waals surface area contributed by atoms with E-state index in [1.54, 1.807) is 7.11 Å². The number of fused-ring (bicyclic) bond motifs is 2. The Hall–Kier alpha value is -1.95. The van der Waals surface area contributed by atoms with E-state index in [4.69, 9.17) is 23.9 Å². The molecule has 0 spiro atoms. The van der Waals surface area contributed by atoms with Crippen molar-refractivity contribution in [3.05, 3.63) is 47.3 Å². The van der Waals surface area contributed by atoms with Crippen LogP contribution in [0.4, 0.5) is 0 Å². The first-order chi connectivity index (χ1) is 11.3. The Labute approximate surface area is 135 Å². The lowest BCUT2D eigenvalue weighted by Gasteiger charge is -2.29. The lowest BCUT2D eigenvalue weighted by atomic mass is 10.1. The molecule has 0 bridgehead atoms. The fraction of sp³-hybridized carbons (Fsp3) is 0.389. The van der Waals surface area contributed by atoms with Crippen molar-refractivity contribution in [2.75, 3.05) is 20.3 Å². The number of pyridine rings is 1. The highest BCUT2D eigenvalue weighted by atomic mass is 16.7. The summed E-state index contributed by atoms with van der Waals surface area (Å²) < 4.78 is 22.7. The van der Waals surface area contributed by atoms with Crippen LogP contribution in [0.15, 0.2) is 36.1 Å². The zero-order valence-electron chi connectivity index (χ0n) is 13.6. The number of ether oxygens (including phenoxy) is 4. The van der Waals surface area contributed by atoms with Gasteiger partial charge in [0.05, 0.1) is 11.2 Å². The zero-order valence-corrected chi connectivity index (χ0v) is 13.6. The summed E-state index contributed by atoms with van der Waals surface area (Å²) in [6.45, 7) is 4.90. The zero-order chi connectivity index (χ0) is 16.2. The van der Waals surface area contributed by atoms with Crippen LogP contribution in [-0.2, 0) is 18.9 Å². The minimum atomic E-state index is -0.552. The fourth-order valence-corrected chi connectivity index (χ4v) is 2.62. The lowest BCUT2D eigenvalue weighted by Crippen LogP contribution is -2.26. The van der Waals surface area contributed by atoms with E-state index in [1.807, 2.05) is 44.2 Å². The first-order valence-corrected chi connectivity index (χ1v) is 7.80. The molecule has 0 aliphatic carbocycles. The highest BCUT2D eigenvalue weighted by Crippen LogP contribution is 2.34. The van der Waals surface area contributed by atoms with Gasteiger partial charge in [0.15, 0.2) is 5.76 Å². The third kappa shape index (κ3) is 3.22. The maximum absolute atomic E-state index is 5.93. The highest BCUT2D eigenvalue weighted by Gasteiger charge is 2.29. The first-order valence-electron chi connectivity index (χ1n) is 7.80. The number of para-hydroxylation sites is 1. The molecule has 2 heterocycles. The Morgan fingerprint density at radius 1 is 1.17 bits per heavy atom. The summed E-state index contributed by atoms with van der Waals surface area (Å²) in [5, 5.41) is 1.06. The molecule has 122 valence electrons. The molecule has 1 unspecified atom stereocenters. The summed E-state index contributed by atoms with van der Waals surface area (Å²) in [7, 11) is 1.61. The number of rotatable bonds is 6. The Kier molecular flexibility index (Phi) is 4.91. The molecule has 1 aromatic carbocycles. The van der Waals surface area contributed by atoms with Gasteiger partial charge in [-0.15, -0.1) is 0 Å². The summed E-state index contributed by atoms with van der Waals surface area (Å²) in [5.74, 6) is 0.579. The molecule has 3 rings (SSSR count). The molecule has 0 amide bonds. The molecule has 1 atom stereocenters. The molecule has 5 nitrogen and oxygen atoms in total. The molecule has 1 aliphatic rings. The van der Waals surface area contributed by atoms with E-state index in [9.17, 15) is 0 Å². The van der Waals surface area contributed by atoms with E-state index >= 15 is 0 Å². The third-order valence-corrected chi connectivity index (χ3v) is 3.64. The monoisotopic (exact) mass is 315 g/mol. The maximum atomic E-state index is 5.93. The molecule has 0 N–H and O–H groups in total. The Bertz CT molecular complexity index is 707. The molecular formula is C18H21NO4. The van der Waals surface area contributed by atoms with Crippen LogP contribution >= 0.6 is 0 Å². The van der Waals surface area contributed by atoms with E-state index < -0.39 is 12.6 Å². The van der Waals surface area contributed by atoms with E-state index in [2.05, 4.69) is 6.07 Å². The van der Waals surface area contributed by atoms with Gasteiger partial charge in [-0.2, -0.15) is 0 Å². The minimum absolute atomic E-state index is 0.523. The van der Waals surface area contributed by atoms with E-state index in [-0.39, 0.29) is 0 Å². The highest BCUT2D eigenvalue weighted by molar-refractivity contribution is 5.81. The first kappa shape index (κ1) is 15.9. The molecular weight excluding hydrogens is 294 g/mol. The van der Waals surface area contributed by atoms with Crippen molar-refractivity contribution in [3.63, 3.8) is 0 Å². The smallest absolute Gasteiger partial charge is 0.228 e. The second-order valence-corrected chi connectivity index (χ2v) is 5.13. The second-order valence-electron chi connectivity index (χ2n) is 5.13. The topological polar surface area (TPSA) is 49.8 Å². The van der Waals surface area contributed by atoms with Crippen molar-refractivity contribution in [1.82, 2.24) is 4.98 Å². The van der Waals surface area contributed by atoms with Gasteiger partial charge >= 0.3 is 0 Å². The molecule has 0 saturated heterocycles. The molecule has 0 saturated carbocycles. The SMILES string of the molecule is CCOC(OCC)C1=Cc2nc3ccccc3cc2C(OC)O1. The summed E-state index contributed by atoms with van der Waals surface area (Å²) in [4.78, 5) is 4.72. The van der Waals surface area contributed by atoms with E-state index in [0.717, 1.165) is 22.2 Å².